The molecular formula is C16H16BrNO2. The molecule has 1 heterocycles. The largest absolute Gasteiger partial charge is 0.496 e. The van der Waals surface area contributed by atoms with E-state index in [0.29, 0.717) is 13.2 Å². The molecule has 2 aromatic carbocycles. The lowest BCUT2D eigenvalue weighted by molar-refractivity contribution is -0.0380. The Labute approximate surface area is 126 Å². The van der Waals surface area contributed by atoms with Crippen molar-refractivity contribution >= 4 is 21.6 Å². The number of rotatable bonds is 3. The highest BCUT2D eigenvalue weighted by Crippen LogP contribution is 2.41. The molecule has 3 rings (SSSR count). The highest BCUT2D eigenvalue weighted by atomic mass is 79.9. The summed E-state index contributed by atoms with van der Waals surface area (Å²) in [6.45, 7) is 1.35. The second-order valence-corrected chi connectivity index (χ2v) is 5.90. The molecule has 2 N–H and O–H groups in total. The zero-order valence-electron chi connectivity index (χ0n) is 11.2. The second-order valence-electron chi connectivity index (χ2n) is 5.05. The normalized spacial score (nSPS) is 16.5. The number of benzene rings is 2. The minimum atomic E-state index is -0.107. The van der Waals surface area contributed by atoms with Crippen LogP contribution in [0.15, 0.2) is 46.9 Å². The first-order chi connectivity index (χ1) is 9.65. The molecule has 20 heavy (non-hydrogen) atoms. The third-order valence-corrected chi connectivity index (χ3v) is 4.46. The summed E-state index contributed by atoms with van der Waals surface area (Å²) in [5.74, 6) is 0.830. The van der Waals surface area contributed by atoms with Crippen LogP contribution in [0.3, 0.4) is 0 Å². The van der Waals surface area contributed by atoms with Gasteiger partial charge in [0.1, 0.15) is 5.75 Å². The van der Waals surface area contributed by atoms with E-state index in [-0.39, 0.29) is 5.41 Å². The molecule has 2 aromatic rings. The van der Waals surface area contributed by atoms with Crippen LogP contribution >= 0.6 is 15.9 Å². The Hall–Kier alpha value is -1.52. The van der Waals surface area contributed by atoms with E-state index in [1.165, 1.54) is 11.1 Å². The van der Waals surface area contributed by atoms with Crippen molar-refractivity contribution < 1.29 is 9.47 Å². The summed E-state index contributed by atoms with van der Waals surface area (Å²) >= 11 is 3.55. The fourth-order valence-electron chi connectivity index (χ4n) is 2.61. The summed E-state index contributed by atoms with van der Waals surface area (Å²) in [5.41, 5.74) is 9.00. The van der Waals surface area contributed by atoms with Gasteiger partial charge in [0, 0.05) is 5.69 Å². The van der Waals surface area contributed by atoms with Crippen molar-refractivity contribution in [2.75, 3.05) is 26.1 Å². The Morgan fingerprint density at radius 3 is 2.45 bits per heavy atom. The molecule has 0 unspecified atom stereocenters. The highest BCUT2D eigenvalue weighted by Gasteiger charge is 2.42. The third kappa shape index (κ3) is 2.09. The molecule has 0 aromatic heterocycles. The first-order valence-electron chi connectivity index (χ1n) is 6.43. The smallest absolute Gasteiger partial charge is 0.133 e. The Kier molecular flexibility index (Phi) is 3.44. The quantitative estimate of drug-likeness (QED) is 0.876. The van der Waals surface area contributed by atoms with Crippen LogP contribution in [0, 0.1) is 0 Å². The topological polar surface area (TPSA) is 44.5 Å². The summed E-state index contributed by atoms with van der Waals surface area (Å²) in [4.78, 5) is 0. The van der Waals surface area contributed by atoms with Gasteiger partial charge in [0.2, 0.25) is 0 Å². The van der Waals surface area contributed by atoms with Crippen LogP contribution in [-0.4, -0.2) is 20.3 Å². The number of halogens is 1. The maximum atomic E-state index is 5.92. The molecule has 104 valence electrons. The van der Waals surface area contributed by atoms with Crippen molar-refractivity contribution in [3.8, 4) is 5.75 Å². The number of nitrogens with two attached hydrogens (primary N) is 1. The molecule has 1 fully saturated rings. The van der Waals surface area contributed by atoms with Gasteiger partial charge >= 0.3 is 0 Å². The van der Waals surface area contributed by atoms with Crippen LogP contribution < -0.4 is 10.5 Å². The summed E-state index contributed by atoms with van der Waals surface area (Å²) < 4.78 is 11.7. The van der Waals surface area contributed by atoms with Crippen LogP contribution in [0.4, 0.5) is 5.69 Å². The van der Waals surface area contributed by atoms with Gasteiger partial charge in [-0.05, 0) is 51.3 Å². The van der Waals surface area contributed by atoms with E-state index in [1.54, 1.807) is 7.11 Å². The molecule has 0 bridgehead atoms. The standard InChI is InChI=1S/C16H16BrNO2/c1-19-15-6-5-12(8-14(15)17)16(9-20-10-16)11-3-2-4-13(18)7-11/h2-8H,9-10,18H2,1H3. The van der Waals surface area contributed by atoms with Crippen LogP contribution in [0.5, 0.6) is 5.75 Å². The van der Waals surface area contributed by atoms with Crippen molar-refractivity contribution in [2.24, 2.45) is 0 Å². The summed E-state index contributed by atoms with van der Waals surface area (Å²) in [6.07, 6.45) is 0. The molecule has 4 heteroatoms. The molecule has 0 radical (unpaired) electrons. The number of hydrogen-bond donors (Lipinski definition) is 1. The molecule has 0 spiro atoms. The van der Waals surface area contributed by atoms with E-state index in [2.05, 4.69) is 34.1 Å². The lowest BCUT2D eigenvalue weighted by Crippen LogP contribution is -2.47. The molecule has 0 saturated carbocycles. The Bertz CT molecular complexity index is 638. The first-order valence-corrected chi connectivity index (χ1v) is 7.23. The highest BCUT2D eigenvalue weighted by molar-refractivity contribution is 9.10. The van der Waals surface area contributed by atoms with Gasteiger partial charge < -0.3 is 15.2 Å². The van der Waals surface area contributed by atoms with Gasteiger partial charge in [0.05, 0.1) is 30.2 Å². The molecule has 1 aliphatic rings. The Balaban J connectivity index is 2.07. The third-order valence-electron chi connectivity index (χ3n) is 3.84. The number of anilines is 1. The zero-order chi connectivity index (χ0) is 14.2. The summed E-state index contributed by atoms with van der Waals surface area (Å²) in [5, 5.41) is 0. The van der Waals surface area contributed by atoms with E-state index in [0.717, 1.165) is 15.9 Å². The SMILES string of the molecule is COc1ccc(C2(c3cccc(N)c3)COC2)cc1Br. The molecular weight excluding hydrogens is 318 g/mol. The van der Waals surface area contributed by atoms with Gasteiger partial charge in [0.15, 0.2) is 0 Å². The van der Waals surface area contributed by atoms with Crippen LogP contribution in [0.2, 0.25) is 0 Å². The average molecular weight is 334 g/mol. The van der Waals surface area contributed by atoms with Gasteiger partial charge in [0.25, 0.3) is 0 Å². The van der Waals surface area contributed by atoms with E-state index >= 15 is 0 Å². The van der Waals surface area contributed by atoms with Gasteiger partial charge in [-0.25, -0.2) is 0 Å². The number of nitrogen functional groups attached to an aromatic ring is 1. The predicted octanol–water partition coefficient (Wildman–Crippen LogP) is 3.36. The predicted molar refractivity (Wildman–Crippen MR) is 83.1 cm³/mol. The zero-order valence-corrected chi connectivity index (χ0v) is 12.8. The van der Waals surface area contributed by atoms with E-state index in [4.69, 9.17) is 15.2 Å². The number of ether oxygens (including phenoxy) is 2. The van der Waals surface area contributed by atoms with Crippen LogP contribution in [-0.2, 0) is 10.2 Å². The molecule has 0 aliphatic carbocycles. The summed E-state index contributed by atoms with van der Waals surface area (Å²) in [7, 11) is 1.67. The molecule has 3 nitrogen and oxygen atoms in total. The van der Waals surface area contributed by atoms with Crippen LogP contribution in [0.25, 0.3) is 0 Å². The van der Waals surface area contributed by atoms with E-state index in [9.17, 15) is 0 Å². The maximum absolute atomic E-state index is 5.92. The van der Waals surface area contributed by atoms with Crippen molar-refractivity contribution in [2.45, 2.75) is 5.41 Å². The van der Waals surface area contributed by atoms with Gasteiger partial charge in [-0.3, -0.25) is 0 Å². The molecule has 0 atom stereocenters. The number of methoxy groups -OCH3 is 1. The Morgan fingerprint density at radius 2 is 1.90 bits per heavy atom. The summed E-state index contributed by atoms with van der Waals surface area (Å²) in [6, 6.07) is 14.2. The van der Waals surface area contributed by atoms with Gasteiger partial charge in [-0.2, -0.15) is 0 Å². The Morgan fingerprint density at radius 1 is 1.15 bits per heavy atom. The van der Waals surface area contributed by atoms with Crippen molar-refractivity contribution in [1.82, 2.24) is 0 Å². The molecule has 1 aliphatic heterocycles. The molecule has 1 saturated heterocycles. The van der Waals surface area contributed by atoms with Crippen molar-refractivity contribution in [3.05, 3.63) is 58.1 Å². The molecule has 0 amide bonds. The number of hydrogen-bond acceptors (Lipinski definition) is 3. The minimum Gasteiger partial charge on any atom is -0.496 e. The fourth-order valence-corrected chi connectivity index (χ4v) is 3.15. The monoisotopic (exact) mass is 333 g/mol. The van der Waals surface area contributed by atoms with E-state index in [1.807, 2.05) is 24.3 Å². The first kappa shape index (κ1) is 13.5. The van der Waals surface area contributed by atoms with Crippen molar-refractivity contribution in [1.29, 1.82) is 0 Å². The second kappa shape index (κ2) is 5.11. The lowest BCUT2D eigenvalue weighted by Gasteiger charge is -2.42. The lowest BCUT2D eigenvalue weighted by atomic mass is 9.73. The minimum absolute atomic E-state index is 0.107. The van der Waals surface area contributed by atoms with Crippen molar-refractivity contribution in [3.63, 3.8) is 0 Å². The van der Waals surface area contributed by atoms with Crippen LogP contribution in [0.1, 0.15) is 11.1 Å². The van der Waals surface area contributed by atoms with E-state index < -0.39 is 0 Å². The van der Waals surface area contributed by atoms with Gasteiger partial charge in [-0.1, -0.05) is 18.2 Å². The van der Waals surface area contributed by atoms with Gasteiger partial charge in [-0.15, -0.1) is 0 Å². The maximum Gasteiger partial charge on any atom is 0.133 e. The average Bonchev–Trinajstić information content (AvgIpc) is 2.38. The fraction of sp³-hybridized carbons (Fsp3) is 0.250.